The van der Waals surface area contributed by atoms with E-state index in [4.69, 9.17) is 0 Å². The lowest BCUT2D eigenvalue weighted by molar-refractivity contribution is -0.385. The number of nitrogens with one attached hydrogen (secondary N) is 1. The van der Waals surface area contributed by atoms with E-state index in [9.17, 15) is 40.8 Å². The van der Waals surface area contributed by atoms with Gasteiger partial charge in [-0.15, -0.1) is 0 Å². The Morgan fingerprint density at radius 3 is 2.28 bits per heavy atom. The van der Waals surface area contributed by atoms with E-state index < -0.39 is 23.1 Å². The smallest absolute Gasteiger partial charge is 0.306 e. The van der Waals surface area contributed by atoms with Crippen molar-refractivity contribution in [3.8, 4) is 0 Å². The van der Waals surface area contributed by atoms with Crippen LogP contribution in [0.25, 0.3) is 0 Å². The van der Waals surface area contributed by atoms with Gasteiger partial charge in [0.15, 0.2) is 0 Å². The van der Waals surface area contributed by atoms with Gasteiger partial charge in [-0.25, -0.2) is 5.43 Å². The Balaban J connectivity index is 2.19. The Kier molecular flexibility index (Phi) is 6.40. The molecular formula is C16H17F7N4O2. The summed E-state index contributed by atoms with van der Waals surface area (Å²) in [5, 5.41) is 14.1. The van der Waals surface area contributed by atoms with Crippen LogP contribution in [0.5, 0.6) is 0 Å². The van der Waals surface area contributed by atoms with E-state index in [0.29, 0.717) is 30.0 Å². The molecule has 1 aliphatic heterocycles. The molecule has 0 bridgehead atoms. The summed E-state index contributed by atoms with van der Waals surface area (Å²) < 4.78 is 88.1. The molecule has 1 aliphatic rings. The quantitative estimate of drug-likeness (QED) is 0.242. The predicted molar refractivity (Wildman–Crippen MR) is 89.2 cm³/mol. The highest BCUT2D eigenvalue weighted by Crippen LogP contribution is 2.45. The highest BCUT2D eigenvalue weighted by molar-refractivity contribution is 5.81. The number of alkyl halides is 7. The van der Waals surface area contributed by atoms with Crippen LogP contribution < -0.4 is 5.43 Å². The maximum absolute atomic E-state index is 13.1. The van der Waals surface area contributed by atoms with E-state index in [1.807, 2.05) is 7.05 Å². The fourth-order valence-corrected chi connectivity index (χ4v) is 2.90. The summed E-state index contributed by atoms with van der Waals surface area (Å²) in [4.78, 5) is 12.7. The second-order valence-electron chi connectivity index (χ2n) is 6.67. The molecule has 0 spiro atoms. The average molecular weight is 430 g/mol. The molecule has 13 heteroatoms. The molecule has 162 valence electrons. The van der Waals surface area contributed by atoms with E-state index in [-0.39, 0.29) is 17.2 Å². The van der Waals surface area contributed by atoms with E-state index in [2.05, 4.69) is 10.0 Å². The number of hydrogen-bond donors (Lipinski definition) is 1. The number of nitro groups is 1. The average Bonchev–Trinajstić information content (AvgIpc) is 2.61. The van der Waals surface area contributed by atoms with Crippen molar-refractivity contribution in [3.05, 3.63) is 39.4 Å². The Morgan fingerprint density at radius 1 is 1.17 bits per heavy atom. The van der Waals surface area contributed by atoms with Crippen molar-refractivity contribution in [2.24, 2.45) is 5.10 Å². The summed E-state index contributed by atoms with van der Waals surface area (Å²) in [6.07, 6.45) is -4.64. The zero-order valence-corrected chi connectivity index (χ0v) is 15.0. The van der Waals surface area contributed by atoms with Gasteiger partial charge < -0.3 is 4.90 Å². The first-order valence-electron chi connectivity index (χ1n) is 8.35. The van der Waals surface area contributed by atoms with Gasteiger partial charge in [0.1, 0.15) is 0 Å². The number of hydrazone groups is 1. The Morgan fingerprint density at radius 2 is 1.76 bits per heavy atom. The fraction of sp³-hybridized carbons (Fsp3) is 0.562. The first-order valence-corrected chi connectivity index (χ1v) is 8.35. The summed E-state index contributed by atoms with van der Waals surface area (Å²) in [7, 11) is 1.91. The molecule has 6 nitrogen and oxygen atoms in total. The summed E-state index contributed by atoms with van der Waals surface area (Å²) in [6.45, 7) is 1.47. The van der Waals surface area contributed by atoms with Crippen molar-refractivity contribution in [1.82, 2.24) is 10.3 Å². The van der Waals surface area contributed by atoms with Crippen molar-refractivity contribution in [3.63, 3.8) is 0 Å². The predicted octanol–water partition coefficient (Wildman–Crippen LogP) is 4.12. The zero-order valence-electron chi connectivity index (χ0n) is 15.0. The molecule has 1 fully saturated rings. The van der Waals surface area contributed by atoms with Crippen LogP contribution in [0.3, 0.4) is 0 Å². The molecule has 0 aromatic heterocycles. The van der Waals surface area contributed by atoms with Crippen molar-refractivity contribution < 1.29 is 35.7 Å². The molecule has 1 aromatic carbocycles. The highest BCUT2D eigenvalue weighted by atomic mass is 19.4. The van der Waals surface area contributed by atoms with Crippen molar-refractivity contribution in [2.45, 2.75) is 36.9 Å². The van der Waals surface area contributed by atoms with Crippen LogP contribution in [-0.2, 0) is 0 Å². The molecule has 1 aromatic rings. The lowest BCUT2D eigenvalue weighted by Crippen LogP contribution is -2.58. The third-order valence-corrected chi connectivity index (χ3v) is 4.58. The summed E-state index contributed by atoms with van der Waals surface area (Å²) in [6, 6.07) is -2.02. The minimum absolute atomic E-state index is 0.0921. The summed E-state index contributed by atoms with van der Waals surface area (Å²) >= 11 is 0. The lowest BCUT2D eigenvalue weighted by atomic mass is 9.88. The normalized spacial score (nSPS) is 17.7. The van der Waals surface area contributed by atoms with Gasteiger partial charge in [-0.05, 0) is 38.9 Å². The lowest BCUT2D eigenvalue weighted by Gasteiger charge is -2.29. The van der Waals surface area contributed by atoms with Crippen LogP contribution in [-0.4, -0.2) is 54.3 Å². The molecule has 1 heterocycles. The number of likely N-dealkylation sites (tertiary alicyclic amines) is 1. The number of benzene rings is 1. The largest absolute Gasteiger partial charge is 0.462 e. The summed E-state index contributed by atoms with van der Waals surface area (Å²) in [5.74, 6) is -6.45. The second kappa shape index (κ2) is 8.13. The second-order valence-corrected chi connectivity index (χ2v) is 6.67. The summed E-state index contributed by atoms with van der Waals surface area (Å²) in [5.41, 5.74) is 0.481. The SMILES string of the molecule is CN1CCC(c2ccc(/C=N/NC(F)(F)C(F)(F)C(F)(F)F)cc2[N+](=O)[O-])CC1. The van der Waals surface area contributed by atoms with Crippen molar-refractivity contribution >= 4 is 11.9 Å². The monoisotopic (exact) mass is 430 g/mol. The van der Waals surface area contributed by atoms with Gasteiger partial charge in [0.2, 0.25) is 0 Å². The minimum atomic E-state index is -6.49. The molecule has 0 aliphatic carbocycles. The minimum Gasteiger partial charge on any atom is -0.306 e. The Labute approximate surface area is 160 Å². The van der Waals surface area contributed by atoms with Gasteiger partial charge >= 0.3 is 18.1 Å². The first kappa shape index (κ1) is 22.8. The molecule has 0 atom stereocenters. The highest BCUT2D eigenvalue weighted by Gasteiger charge is 2.73. The van der Waals surface area contributed by atoms with E-state index in [0.717, 1.165) is 19.2 Å². The van der Waals surface area contributed by atoms with Crippen LogP contribution >= 0.6 is 0 Å². The standard InChI is InChI=1S/C16H17F7N4O2/c1-26-6-4-11(5-7-26)12-3-2-10(8-13(12)27(28)29)9-24-25-16(22,23)14(17,18)15(19,20)21/h2-3,8-9,11,25H,4-7H2,1H3/b24-9+. The van der Waals surface area contributed by atoms with Crippen LogP contribution in [0.15, 0.2) is 23.3 Å². The molecule has 0 saturated carbocycles. The van der Waals surface area contributed by atoms with Crippen molar-refractivity contribution in [2.75, 3.05) is 20.1 Å². The maximum atomic E-state index is 13.1. The van der Waals surface area contributed by atoms with Crippen molar-refractivity contribution in [1.29, 1.82) is 0 Å². The van der Waals surface area contributed by atoms with E-state index in [1.165, 1.54) is 12.1 Å². The van der Waals surface area contributed by atoms with Crippen LogP contribution in [0.1, 0.15) is 29.9 Å². The molecule has 0 unspecified atom stereocenters. The number of piperidine rings is 1. The van der Waals surface area contributed by atoms with Gasteiger partial charge in [0, 0.05) is 17.2 Å². The molecule has 29 heavy (non-hydrogen) atoms. The van der Waals surface area contributed by atoms with Crippen LogP contribution in [0.4, 0.5) is 36.4 Å². The number of nitro benzene ring substituents is 1. The first-order chi connectivity index (χ1) is 13.3. The number of halogens is 7. The zero-order chi connectivity index (χ0) is 22.0. The van der Waals surface area contributed by atoms with Gasteiger partial charge in [-0.3, -0.25) is 10.1 Å². The van der Waals surface area contributed by atoms with E-state index in [1.54, 1.807) is 0 Å². The van der Waals surface area contributed by atoms with Gasteiger partial charge in [0.05, 0.1) is 11.1 Å². The Bertz CT molecular complexity index is 775. The van der Waals surface area contributed by atoms with Gasteiger partial charge in [0.25, 0.3) is 5.69 Å². The van der Waals surface area contributed by atoms with Gasteiger partial charge in [-0.2, -0.15) is 35.8 Å². The van der Waals surface area contributed by atoms with Crippen LogP contribution in [0, 0.1) is 10.1 Å². The van der Waals surface area contributed by atoms with E-state index >= 15 is 0 Å². The molecule has 1 saturated heterocycles. The fourth-order valence-electron chi connectivity index (χ4n) is 2.90. The maximum Gasteiger partial charge on any atom is 0.462 e. The third-order valence-electron chi connectivity index (χ3n) is 4.58. The number of hydrogen-bond acceptors (Lipinski definition) is 5. The third kappa shape index (κ3) is 4.95. The molecular weight excluding hydrogens is 413 g/mol. The molecule has 0 amide bonds. The molecule has 0 radical (unpaired) electrons. The number of rotatable bonds is 6. The van der Waals surface area contributed by atoms with Crippen LogP contribution in [0.2, 0.25) is 0 Å². The topological polar surface area (TPSA) is 70.8 Å². The van der Waals surface area contributed by atoms with Gasteiger partial charge in [-0.1, -0.05) is 12.1 Å². The Hall–Kier alpha value is -2.44. The molecule has 2 rings (SSSR count). The number of nitrogens with zero attached hydrogens (tertiary/aromatic N) is 3. The molecule has 1 N–H and O–H groups in total.